The van der Waals surface area contributed by atoms with E-state index in [4.69, 9.17) is 4.74 Å². The van der Waals surface area contributed by atoms with Crippen molar-refractivity contribution in [2.75, 3.05) is 20.2 Å². The molecule has 39 heavy (non-hydrogen) atoms. The first kappa shape index (κ1) is 27.4. The number of aromatic nitrogens is 3. The van der Waals surface area contributed by atoms with E-state index in [1.165, 1.54) is 24.1 Å². The summed E-state index contributed by atoms with van der Waals surface area (Å²) in [5, 5.41) is 9.83. The summed E-state index contributed by atoms with van der Waals surface area (Å²) < 4.78 is 59.4. The summed E-state index contributed by atoms with van der Waals surface area (Å²) in [7, 11) is 1.42. The zero-order valence-electron chi connectivity index (χ0n) is 21.8. The molecule has 2 bridgehead atoms. The molecule has 0 aliphatic carbocycles. The van der Waals surface area contributed by atoms with Gasteiger partial charge in [0, 0.05) is 42.2 Å². The molecule has 5 heterocycles. The molecule has 0 saturated carbocycles. The van der Waals surface area contributed by atoms with E-state index < -0.39 is 18.0 Å². The van der Waals surface area contributed by atoms with E-state index >= 15 is 0 Å². The molecule has 2 aromatic heterocycles. The van der Waals surface area contributed by atoms with Gasteiger partial charge in [0.15, 0.2) is 11.5 Å². The van der Waals surface area contributed by atoms with Crippen molar-refractivity contribution in [2.24, 2.45) is 5.92 Å². The van der Waals surface area contributed by atoms with Crippen molar-refractivity contribution in [3.8, 4) is 17.1 Å². The molecule has 3 aliphatic rings. The molecule has 2 N–H and O–H groups in total. The van der Waals surface area contributed by atoms with E-state index in [2.05, 4.69) is 20.5 Å². The molecule has 5 atom stereocenters. The van der Waals surface area contributed by atoms with Gasteiger partial charge in [-0.15, -0.1) is 0 Å². The number of nitrogens with zero attached hydrogens (tertiary/aromatic N) is 4. The van der Waals surface area contributed by atoms with Crippen molar-refractivity contribution in [3.63, 3.8) is 0 Å². The Morgan fingerprint density at radius 2 is 1.87 bits per heavy atom. The van der Waals surface area contributed by atoms with Crippen LogP contribution in [0.2, 0.25) is 0 Å². The second-order valence-corrected chi connectivity index (χ2v) is 10.6. The zero-order chi connectivity index (χ0) is 27.9. The first-order valence-corrected chi connectivity index (χ1v) is 13.3. The van der Waals surface area contributed by atoms with E-state index in [1.807, 2.05) is 0 Å². The fraction of sp³-hybridized carbons (Fsp3) is 0.615. The highest BCUT2D eigenvalue weighted by Crippen LogP contribution is 2.40. The SMILES string of the molecule is CCN1C[C@H](NC(=O)C2C[C@H]3CC[C@@H](C2)N3C(=O)c2cc(-c3cc(OC)ncc3F)[nH]n2)CC[C@H]1C(F)(F)F. The van der Waals surface area contributed by atoms with Crippen LogP contribution in [-0.2, 0) is 4.79 Å². The van der Waals surface area contributed by atoms with Crippen LogP contribution in [0.1, 0.15) is 55.9 Å². The second kappa shape index (κ2) is 10.7. The minimum absolute atomic E-state index is 0.0394. The fourth-order valence-electron chi connectivity index (χ4n) is 6.36. The van der Waals surface area contributed by atoms with Crippen LogP contribution in [0.3, 0.4) is 0 Å². The van der Waals surface area contributed by atoms with Gasteiger partial charge < -0.3 is 15.0 Å². The van der Waals surface area contributed by atoms with Gasteiger partial charge >= 0.3 is 6.18 Å². The second-order valence-electron chi connectivity index (χ2n) is 10.6. The Morgan fingerprint density at radius 1 is 1.15 bits per heavy atom. The lowest BCUT2D eigenvalue weighted by molar-refractivity contribution is -0.192. The van der Waals surface area contributed by atoms with Crippen LogP contribution >= 0.6 is 0 Å². The maximum Gasteiger partial charge on any atom is 0.404 e. The highest BCUT2D eigenvalue weighted by molar-refractivity contribution is 5.94. The molecule has 212 valence electrons. The monoisotopic (exact) mass is 552 g/mol. The molecular weight excluding hydrogens is 520 g/mol. The number of amides is 2. The lowest BCUT2D eigenvalue weighted by Crippen LogP contribution is -2.57. The molecule has 13 heteroatoms. The number of nitrogens with one attached hydrogen (secondary N) is 2. The summed E-state index contributed by atoms with van der Waals surface area (Å²) in [6.07, 6.45) is -0.521. The lowest BCUT2D eigenvalue weighted by Gasteiger charge is -2.41. The highest BCUT2D eigenvalue weighted by Gasteiger charge is 2.48. The van der Waals surface area contributed by atoms with Crippen molar-refractivity contribution >= 4 is 11.8 Å². The number of hydrogen-bond acceptors (Lipinski definition) is 6. The van der Waals surface area contributed by atoms with Gasteiger partial charge in [0.1, 0.15) is 6.04 Å². The molecule has 3 saturated heterocycles. The quantitative estimate of drug-likeness (QED) is 0.532. The summed E-state index contributed by atoms with van der Waals surface area (Å²) in [6, 6.07) is 0.828. The molecular formula is C26H32F4N6O3. The van der Waals surface area contributed by atoms with Crippen LogP contribution in [0, 0.1) is 11.7 Å². The molecule has 2 amide bonds. The molecule has 0 aromatic carbocycles. The number of aromatic amines is 1. The number of likely N-dealkylation sites (N-methyl/N-ethyl adjacent to an activating group) is 1. The first-order chi connectivity index (χ1) is 18.6. The van der Waals surface area contributed by atoms with Gasteiger partial charge in [-0.2, -0.15) is 18.3 Å². The van der Waals surface area contributed by atoms with Crippen LogP contribution in [0.25, 0.3) is 11.3 Å². The van der Waals surface area contributed by atoms with E-state index in [-0.39, 0.29) is 78.9 Å². The third-order valence-electron chi connectivity index (χ3n) is 8.28. The van der Waals surface area contributed by atoms with Crippen LogP contribution in [0.4, 0.5) is 17.6 Å². The largest absolute Gasteiger partial charge is 0.481 e. The smallest absolute Gasteiger partial charge is 0.404 e. The van der Waals surface area contributed by atoms with Crippen LogP contribution < -0.4 is 10.1 Å². The average Bonchev–Trinajstić information content (AvgIpc) is 3.50. The molecule has 9 nitrogen and oxygen atoms in total. The van der Waals surface area contributed by atoms with Crippen molar-refractivity contribution in [2.45, 2.75) is 75.8 Å². The number of halogens is 4. The minimum Gasteiger partial charge on any atom is -0.481 e. The number of piperidine rings is 2. The normalized spacial score (nSPS) is 27.4. The number of fused-ring (bicyclic) bond motifs is 2. The lowest BCUT2D eigenvalue weighted by atomic mass is 9.88. The van der Waals surface area contributed by atoms with E-state index in [0.29, 0.717) is 18.5 Å². The number of carbonyl (C=O) groups is 2. The van der Waals surface area contributed by atoms with Gasteiger partial charge in [-0.05, 0) is 51.1 Å². The Labute approximate surface area is 223 Å². The molecule has 5 rings (SSSR count). The standard InChI is InChI=1S/C26H32F4N6O3/c1-3-35-13-15(4-7-22(35)26(28,29)30)32-24(37)14-8-16-5-6-17(9-14)36(16)25(38)21-11-20(33-34-21)18-10-23(39-2)31-12-19(18)27/h10-12,14-17,22H,3-9,13H2,1-2H3,(H,32,37)(H,33,34)/t14?,15-,16-,17+,22+/m1/s1. The Bertz CT molecular complexity index is 1210. The molecule has 2 aromatic rings. The summed E-state index contributed by atoms with van der Waals surface area (Å²) in [5.41, 5.74) is 0.651. The van der Waals surface area contributed by atoms with E-state index in [1.54, 1.807) is 11.8 Å². The Hall–Kier alpha value is -3.22. The van der Waals surface area contributed by atoms with E-state index in [0.717, 1.165) is 19.0 Å². The third-order valence-corrected chi connectivity index (χ3v) is 8.28. The number of H-pyrrole nitrogens is 1. The number of methoxy groups -OCH3 is 1. The zero-order valence-corrected chi connectivity index (χ0v) is 21.8. The van der Waals surface area contributed by atoms with Crippen molar-refractivity contribution < 1.29 is 31.9 Å². The highest BCUT2D eigenvalue weighted by atomic mass is 19.4. The number of carbonyl (C=O) groups excluding carboxylic acids is 2. The van der Waals surface area contributed by atoms with Crippen molar-refractivity contribution in [1.82, 2.24) is 30.3 Å². The van der Waals surface area contributed by atoms with Gasteiger partial charge in [-0.25, -0.2) is 9.37 Å². The first-order valence-electron chi connectivity index (χ1n) is 13.3. The van der Waals surface area contributed by atoms with Gasteiger partial charge in [-0.1, -0.05) is 6.92 Å². The van der Waals surface area contributed by atoms with E-state index in [9.17, 15) is 27.2 Å². The Morgan fingerprint density at radius 3 is 2.51 bits per heavy atom. The third kappa shape index (κ3) is 5.45. The predicted molar refractivity (Wildman–Crippen MR) is 132 cm³/mol. The van der Waals surface area contributed by atoms with Crippen LogP contribution in [-0.4, -0.2) is 87.3 Å². The molecule has 0 radical (unpaired) electrons. The number of alkyl halides is 3. The van der Waals surface area contributed by atoms with Crippen molar-refractivity contribution in [3.05, 3.63) is 29.8 Å². The number of hydrogen-bond donors (Lipinski definition) is 2. The number of ether oxygens (including phenoxy) is 1. The topological polar surface area (TPSA) is 103 Å². The Kier molecular flexibility index (Phi) is 7.53. The van der Waals surface area contributed by atoms with Crippen LogP contribution in [0.5, 0.6) is 5.88 Å². The number of pyridine rings is 1. The molecule has 1 unspecified atom stereocenters. The molecule has 3 fully saturated rings. The van der Waals surface area contributed by atoms with Crippen molar-refractivity contribution in [1.29, 1.82) is 0 Å². The summed E-state index contributed by atoms with van der Waals surface area (Å²) in [4.78, 5) is 33.5. The average molecular weight is 553 g/mol. The summed E-state index contributed by atoms with van der Waals surface area (Å²) in [5.74, 6) is -1.11. The maximum atomic E-state index is 14.3. The van der Waals surface area contributed by atoms with Gasteiger partial charge in [-0.3, -0.25) is 19.6 Å². The van der Waals surface area contributed by atoms with Gasteiger partial charge in [0.25, 0.3) is 5.91 Å². The molecule has 3 aliphatic heterocycles. The Balaban J connectivity index is 1.21. The maximum absolute atomic E-state index is 14.3. The minimum atomic E-state index is -4.28. The van der Waals surface area contributed by atoms with Crippen LogP contribution in [0.15, 0.2) is 18.3 Å². The summed E-state index contributed by atoms with van der Waals surface area (Å²) in [6.45, 7) is 2.12. The fourth-order valence-corrected chi connectivity index (χ4v) is 6.36. The van der Waals surface area contributed by atoms with Gasteiger partial charge in [0.2, 0.25) is 11.8 Å². The number of rotatable bonds is 6. The predicted octanol–water partition coefficient (Wildman–Crippen LogP) is 3.53. The van der Waals surface area contributed by atoms with Gasteiger partial charge in [0.05, 0.1) is 19.0 Å². The summed E-state index contributed by atoms with van der Waals surface area (Å²) >= 11 is 0. The number of likely N-dealkylation sites (tertiary alicyclic amines) is 1. The molecule has 0 spiro atoms.